The Morgan fingerprint density at radius 2 is 1.70 bits per heavy atom. The molecule has 8 nitrogen and oxygen atoms in total. The lowest BCUT2D eigenvalue weighted by Gasteiger charge is -2.19. The lowest BCUT2D eigenvalue weighted by Crippen LogP contribution is -2.30. The number of carbonyl (C=O) groups is 2. The zero-order chi connectivity index (χ0) is 21.3. The molecule has 3 N–H and O–H groups in total. The fraction of sp³-hybridized carbons (Fsp3) is 0.182. The molecule has 0 aliphatic carbocycles. The number of rotatable bonds is 4. The first-order chi connectivity index (χ1) is 14.4. The third kappa shape index (κ3) is 3.67. The highest BCUT2D eigenvalue weighted by molar-refractivity contribution is 6.04. The summed E-state index contributed by atoms with van der Waals surface area (Å²) in [5, 5.41) is 23.9. The number of fused-ring (bicyclic) bond motifs is 2. The number of ether oxygens (including phenoxy) is 3. The first-order valence-corrected chi connectivity index (χ1v) is 9.29. The quantitative estimate of drug-likeness (QED) is 0.448. The monoisotopic (exact) mass is 409 g/mol. The van der Waals surface area contributed by atoms with Gasteiger partial charge >= 0.3 is 5.97 Å². The molecule has 0 radical (unpaired) electrons. The van der Waals surface area contributed by atoms with Crippen LogP contribution in [0.5, 0.6) is 23.0 Å². The van der Waals surface area contributed by atoms with Gasteiger partial charge in [-0.25, -0.2) is 4.79 Å². The Morgan fingerprint density at radius 1 is 1.00 bits per heavy atom. The summed E-state index contributed by atoms with van der Waals surface area (Å²) in [4.78, 5) is 24.9. The minimum absolute atomic E-state index is 0.177. The van der Waals surface area contributed by atoms with Crippen LogP contribution in [0, 0.1) is 0 Å². The number of benzene rings is 3. The number of esters is 1. The van der Waals surface area contributed by atoms with Crippen LogP contribution in [0.4, 0.5) is 5.69 Å². The molecule has 0 spiro atoms. The van der Waals surface area contributed by atoms with E-state index in [0.29, 0.717) is 41.2 Å². The number of carbonyl (C=O) groups excluding carboxylic acids is 2. The van der Waals surface area contributed by atoms with E-state index in [9.17, 15) is 19.8 Å². The van der Waals surface area contributed by atoms with Crippen LogP contribution in [0.3, 0.4) is 0 Å². The molecule has 4 rings (SSSR count). The number of hydrogen-bond donors (Lipinski definition) is 3. The maximum absolute atomic E-state index is 12.5. The smallest absolute Gasteiger partial charge is 0.342 e. The van der Waals surface area contributed by atoms with Gasteiger partial charge in [-0.2, -0.15) is 0 Å². The van der Waals surface area contributed by atoms with Gasteiger partial charge in [0.1, 0.15) is 30.3 Å². The molecular weight excluding hydrogens is 390 g/mol. The first kappa shape index (κ1) is 19.4. The van der Waals surface area contributed by atoms with E-state index in [1.54, 1.807) is 42.5 Å². The van der Waals surface area contributed by atoms with Gasteiger partial charge in [-0.3, -0.25) is 4.79 Å². The van der Waals surface area contributed by atoms with E-state index in [-0.39, 0.29) is 17.1 Å². The van der Waals surface area contributed by atoms with Crippen molar-refractivity contribution in [3.05, 3.63) is 54.1 Å². The standard InChI is InChI=1S/C22H19NO7/c1-12(21(26)23-13-6-7-18-19(10-13)29-9-8-28-18)30-22(27)16-11-17(24)14-4-2-3-5-15(14)20(16)25/h2-7,10-12,24-25H,8-9H2,1H3,(H,23,26)/t12-/m0/s1. The normalized spacial score (nSPS) is 13.5. The van der Waals surface area contributed by atoms with Crippen LogP contribution < -0.4 is 14.8 Å². The fourth-order valence-corrected chi connectivity index (χ4v) is 3.14. The number of hydrogen-bond acceptors (Lipinski definition) is 7. The number of anilines is 1. The van der Waals surface area contributed by atoms with Crippen molar-refractivity contribution in [2.24, 2.45) is 0 Å². The van der Waals surface area contributed by atoms with Gasteiger partial charge in [0.2, 0.25) is 0 Å². The van der Waals surface area contributed by atoms with Gasteiger partial charge in [0.25, 0.3) is 5.91 Å². The van der Waals surface area contributed by atoms with Gasteiger partial charge < -0.3 is 29.7 Å². The molecule has 1 aliphatic rings. The third-order valence-corrected chi connectivity index (χ3v) is 4.68. The molecule has 0 aromatic heterocycles. The molecule has 0 fully saturated rings. The van der Waals surface area contributed by atoms with Crippen LogP contribution >= 0.6 is 0 Å². The van der Waals surface area contributed by atoms with Crippen molar-refractivity contribution < 1.29 is 34.0 Å². The second kappa shape index (κ2) is 7.82. The second-order valence-electron chi connectivity index (χ2n) is 6.73. The van der Waals surface area contributed by atoms with Gasteiger partial charge in [0.15, 0.2) is 17.6 Å². The zero-order valence-corrected chi connectivity index (χ0v) is 16.0. The van der Waals surface area contributed by atoms with E-state index in [1.165, 1.54) is 6.92 Å². The van der Waals surface area contributed by atoms with E-state index >= 15 is 0 Å². The van der Waals surface area contributed by atoms with E-state index in [1.807, 2.05) is 0 Å². The highest BCUT2D eigenvalue weighted by Gasteiger charge is 2.24. The van der Waals surface area contributed by atoms with Gasteiger partial charge in [-0.05, 0) is 25.1 Å². The number of aromatic hydroxyl groups is 2. The Kier molecular flexibility index (Phi) is 5.05. The maximum atomic E-state index is 12.5. The summed E-state index contributed by atoms with van der Waals surface area (Å²) in [5.74, 6) is -0.898. The first-order valence-electron chi connectivity index (χ1n) is 9.29. The maximum Gasteiger partial charge on any atom is 0.342 e. The molecule has 8 heteroatoms. The van der Waals surface area contributed by atoms with E-state index in [4.69, 9.17) is 14.2 Å². The Morgan fingerprint density at radius 3 is 2.47 bits per heavy atom. The van der Waals surface area contributed by atoms with Crippen LogP contribution in [0.25, 0.3) is 10.8 Å². The average Bonchev–Trinajstić information content (AvgIpc) is 2.76. The van der Waals surface area contributed by atoms with Crippen molar-refractivity contribution in [1.29, 1.82) is 0 Å². The molecule has 0 saturated heterocycles. The van der Waals surface area contributed by atoms with E-state index < -0.39 is 18.0 Å². The highest BCUT2D eigenvalue weighted by Crippen LogP contribution is 2.36. The Bertz CT molecular complexity index is 1140. The summed E-state index contributed by atoms with van der Waals surface area (Å²) in [5.41, 5.74) is 0.225. The molecule has 154 valence electrons. The number of nitrogens with one attached hydrogen (secondary N) is 1. The average molecular weight is 409 g/mol. The van der Waals surface area contributed by atoms with Gasteiger partial charge in [-0.15, -0.1) is 0 Å². The highest BCUT2D eigenvalue weighted by atomic mass is 16.6. The van der Waals surface area contributed by atoms with Crippen molar-refractivity contribution in [1.82, 2.24) is 0 Å². The predicted octanol–water partition coefficient (Wildman–Crippen LogP) is 3.21. The van der Waals surface area contributed by atoms with Crippen molar-refractivity contribution in [3.8, 4) is 23.0 Å². The number of amides is 1. The van der Waals surface area contributed by atoms with Crippen molar-refractivity contribution >= 4 is 28.3 Å². The molecule has 1 atom stereocenters. The minimum atomic E-state index is -1.15. The van der Waals surface area contributed by atoms with Crippen molar-refractivity contribution in [2.45, 2.75) is 13.0 Å². The largest absolute Gasteiger partial charge is 0.507 e. The minimum Gasteiger partial charge on any atom is -0.507 e. The predicted molar refractivity (Wildman–Crippen MR) is 108 cm³/mol. The Hall–Kier alpha value is -3.94. The van der Waals surface area contributed by atoms with Gasteiger partial charge in [-0.1, -0.05) is 24.3 Å². The molecule has 0 saturated carbocycles. The second-order valence-corrected chi connectivity index (χ2v) is 6.73. The summed E-state index contributed by atoms with van der Waals surface area (Å²) < 4.78 is 16.1. The summed E-state index contributed by atoms with van der Waals surface area (Å²) in [6.45, 7) is 2.28. The molecule has 3 aromatic carbocycles. The zero-order valence-electron chi connectivity index (χ0n) is 16.0. The fourth-order valence-electron chi connectivity index (χ4n) is 3.14. The summed E-state index contributed by atoms with van der Waals surface area (Å²) in [6.07, 6.45) is -1.15. The Balaban J connectivity index is 1.48. The topological polar surface area (TPSA) is 114 Å². The lowest BCUT2D eigenvalue weighted by molar-refractivity contribution is -0.123. The van der Waals surface area contributed by atoms with Crippen molar-refractivity contribution in [3.63, 3.8) is 0 Å². The molecule has 1 amide bonds. The summed E-state index contributed by atoms with van der Waals surface area (Å²) >= 11 is 0. The lowest BCUT2D eigenvalue weighted by atomic mass is 10.0. The molecule has 0 bridgehead atoms. The van der Waals surface area contributed by atoms with Crippen LogP contribution in [-0.4, -0.2) is 41.4 Å². The van der Waals surface area contributed by atoms with Crippen LogP contribution in [-0.2, 0) is 9.53 Å². The molecular formula is C22H19NO7. The molecule has 1 aliphatic heterocycles. The van der Waals surface area contributed by atoms with Crippen LogP contribution in [0.15, 0.2) is 48.5 Å². The Labute approximate surface area is 171 Å². The van der Waals surface area contributed by atoms with Crippen molar-refractivity contribution in [2.75, 3.05) is 18.5 Å². The summed E-state index contributed by atoms with van der Waals surface area (Å²) in [6, 6.07) is 12.6. The number of phenols is 2. The van der Waals surface area contributed by atoms with Gasteiger partial charge in [0, 0.05) is 22.5 Å². The van der Waals surface area contributed by atoms with E-state index in [2.05, 4.69) is 5.32 Å². The third-order valence-electron chi connectivity index (χ3n) is 4.68. The van der Waals surface area contributed by atoms with Gasteiger partial charge in [0.05, 0.1) is 0 Å². The van der Waals surface area contributed by atoms with Crippen LogP contribution in [0.1, 0.15) is 17.3 Å². The molecule has 0 unspecified atom stereocenters. The molecule has 1 heterocycles. The molecule has 30 heavy (non-hydrogen) atoms. The van der Waals surface area contributed by atoms with E-state index in [0.717, 1.165) is 6.07 Å². The number of phenolic OH excluding ortho intramolecular Hbond substituents is 2. The SMILES string of the molecule is C[C@H](OC(=O)c1cc(O)c2ccccc2c1O)C(=O)Nc1ccc2c(c1)OCCO2. The summed E-state index contributed by atoms with van der Waals surface area (Å²) in [7, 11) is 0. The molecule has 3 aromatic rings. The van der Waals surface area contributed by atoms with Crippen LogP contribution in [0.2, 0.25) is 0 Å².